The third-order valence-electron chi connectivity index (χ3n) is 3.82. The lowest BCUT2D eigenvalue weighted by atomic mass is 10.1. The number of para-hydroxylation sites is 2. The summed E-state index contributed by atoms with van der Waals surface area (Å²) >= 11 is 0. The van der Waals surface area contributed by atoms with Crippen LogP contribution in [0.25, 0.3) is 22.1 Å². The van der Waals surface area contributed by atoms with E-state index in [4.69, 9.17) is 4.74 Å². The van der Waals surface area contributed by atoms with Crippen LogP contribution < -0.4 is 0 Å². The number of carbonyl (C=O) groups excluding carboxylic acids is 1. The lowest BCUT2D eigenvalue weighted by Gasteiger charge is -2.08. The van der Waals surface area contributed by atoms with Crippen molar-refractivity contribution in [2.24, 2.45) is 4.99 Å². The zero-order chi connectivity index (χ0) is 18.7. The van der Waals surface area contributed by atoms with Crippen LogP contribution in [-0.2, 0) is 9.53 Å². The molecule has 0 spiro atoms. The van der Waals surface area contributed by atoms with Gasteiger partial charge in [-0.2, -0.15) is 0 Å². The maximum absolute atomic E-state index is 12.0. The fourth-order valence-corrected chi connectivity index (χ4v) is 2.69. The SMILES string of the molecule is CCOC(=O)/C(C(C)=Nc1ccc2nc3ccccc3nc2c1)=C(\C)O. The van der Waals surface area contributed by atoms with Crippen LogP contribution in [0.3, 0.4) is 0 Å². The maximum Gasteiger partial charge on any atom is 0.343 e. The molecule has 0 atom stereocenters. The van der Waals surface area contributed by atoms with Gasteiger partial charge in [-0.1, -0.05) is 12.1 Å². The highest BCUT2D eigenvalue weighted by atomic mass is 16.5. The molecule has 0 aliphatic heterocycles. The molecule has 132 valence electrons. The Balaban J connectivity index is 2.04. The molecule has 1 heterocycles. The molecule has 1 N–H and O–H groups in total. The maximum atomic E-state index is 12.0. The van der Waals surface area contributed by atoms with Crippen molar-refractivity contribution in [2.75, 3.05) is 6.61 Å². The molecule has 2 aromatic carbocycles. The third-order valence-corrected chi connectivity index (χ3v) is 3.82. The van der Waals surface area contributed by atoms with Crippen molar-refractivity contribution >= 4 is 39.4 Å². The van der Waals surface area contributed by atoms with Gasteiger partial charge < -0.3 is 9.84 Å². The van der Waals surface area contributed by atoms with Gasteiger partial charge >= 0.3 is 5.97 Å². The summed E-state index contributed by atoms with van der Waals surface area (Å²) in [5.41, 5.74) is 4.16. The van der Waals surface area contributed by atoms with Gasteiger partial charge in [0, 0.05) is 0 Å². The van der Waals surface area contributed by atoms with Gasteiger partial charge in [-0.15, -0.1) is 0 Å². The summed E-state index contributed by atoms with van der Waals surface area (Å²) in [6.07, 6.45) is 0. The normalized spacial score (nSPS) is 13.0. The van der Waals surface area contributed by atoms with E-state index in [1.54, 1.807) is 26.0 Å². The van der Waals surface area contributed by atoms with E-state index < -0.39 is 5.97 Å². The summed E-state index contributed by atoms with van der Waals surface area (Å²) in [6, 6.07) is 13.1. The molecule has 1 aromatic heterocycles. The average Bonchev–Trinajstić information content (AvgIpc) is 2.60. The number of fused-ring (bicyclic) bond motifs is 2. The summed E-state index contributed by atoms with van der Waals surface area (Å²) in [4.78, 5) is 25.7. The van der Waals surface area contributed by atoms with Crippen LogP contribution >= 0.6 is 0 Å². The van der Waals surface area contributed by atoms with Crippen LogP contribution in [0.2, 0.25) is 0 Å². The Morgan fingerprint density at radius 2 is 1.65 bits per heavy atom. The summed E-state index contributed by atoms with van der Waals surface area (Å²) in [7, 11) is 0. The summed E-state index contributed by atoms with van der Waals surface area (Å²) in [5, 5.41) is 9.82. The number of ether oxygens (including phenoxy) is 1. The van der Waals surface area contributed by atoms with Crippen LogP contribution in [0.4, 0.5) is 5.69 Å². The molecule has 0 bridgehead atoms. The number of aliphatic hydroxyl groups is 1. The predicted molar refractivity (Wildman–Crippen MR) is 102 cm³/mol. The Bertz CT molecular complexity index is 1050. The van der Waals surface area contributed by atoms with Gasteiger partial charge in [0.05, 0.1) is 40.1 Å². The second-order valence-electron chi connectivity index (χ2n) is 5.76. The van der Waals surface area contributed by atoms with Crippen molar-refractivity contribution in [3.8, 4) is 0 Å². The Kier molecular flexibility index (Phi) is 4.93. The van der Waals surface area contributed by atoms with E-state index >= 15 is 0 Å². The van der Waals surface area contributed by atoms with E-state index in [0.29, 0.717) is 16.9 Å². The molecule has 0 amide bonds. The molecule has 0 aliphatic carbocycles. The van der Waals surface area contributed by atoms with Gasteiger partial charge in [-0.05, 0) is 51.1 Å². The minimum atomic E-state index is -0.597. The van der Waals surface area contributed by atoms with Crippen molar-refractivity contribution in [2.45, 2.75) is 20.8 Å². The van der Waals surface area contributed by atoms with Gasteiger partial charge in [0.1, 0.15) is 11.3 Å². The highest BCUT2D eigenvalue weighted by Gasteiger charge is 2.17. The van der Waals surface area contributed by atoms with Crippen LogP contribution in [-0.4, -0.2) is 33.4 Å². The topological polar surface area (TPSA) is 84.7 Å². The molecule has 0 radical (unpaired) electrons. The number of allylic oxidation sites excluding steroid dienone is 1. The number of hydrogen-bond donors (Lipinski definition) is 1. The number of hydrogen-bond acceptors (Lipinski definition) is 6. The molecule has 6 nitrogen and oxygen atoms in total. The lowest BCUT2D eigenvalue weighted by molar-refractivity contribution is -0.138. The molecule has 0 aliphatic rings. The Morgan fingerprint density at radius 3 is 2.27 bits per heavy atom. The highest BCUT2D eigenvalue weighted by Crippen LogP contribution is 2.22. The van der Waals surface area contributed by atoms with E-state index in [-0.39, 0.29) is 17.9 Å². The molecule has 6 heteroatoms. The molecule has 0 unspecified atom stereocenters. The molecule has 0 fully saturated rings. The minimum Gasteiger partial charge on any atom is -0.512 e. The number of esters is 1. The summed E-state index contributed by atoms with van der Waals surface area (Å²) in [5.74, 6) is -0.725. The predicted octanol–water partition coefficient (Wildman–Crippen LogP) is 4.27. The minimum absolute atomic E-state index is 0.0662. The monoisotopic (exact) mass is 349 g/mol. The first kappa shape index (κ1) is 17.5. The Hall–Kier alpha value is -3.28. The number of rotatable bonds is 4. The molecule has 3 rings (SSSR count). The molecule has 0 saturated carbocycles. The van der Waals surface area contributed by atoms with Crippen molar-refractivity contribution < 1.29 is 14.6 Å². The van der Waals surface area contributed by atoms with E-state index in [0.717, 1.165) is 16.6 Å². The summed E-state index contributed by atoms with van der Waals surface area (Å²) in [6.45, 7) is 5.02. The first-order valence-electron chi connectivity index (χ1n) is 8.28. The van der Waals surface area contributed by atoms with E-state index in [9.17, 15) is 9.90 Å². The van der Waals surface area contributed by atoms with E-state index in [1.807, 2.05) is 30.3 Å². The number of carbonyl (C=O) groups is 1. The van der Waals surface area contributed by atoms with Gasteiger partial charge in [0.2, 0.25) is 0 Å². The highest BCUT2D eigenvalue weighted by molar-refractivity contribution is 6.19. The fraction of sp³-hybridized carbons (Fsp3) is 0.200. The van der Waals surface area contributed by atoms with Gasteiger partial charge in [-0.25, -0.2) is 14.8 Å². The van der Waals surface area contributed by atoms with Gasteiger partial charge in [0.25, 0.3) is 0 Å². The Labute approximate surface area is 150 Å². The van der Waals surface area contributed by atoms with Crippen molar-refractivity contribution in [1.29, 1.82) is 0 Å². The molecular weight excluding hydrogens is 330 g/mol. The molecular formula is C20H19N3O3. The number of benzene rings is 2. The zero-order valence-corrected chi connectivity index (χ0v) is 14.9. The second-order valence-corrected chi connectivity index (χ2v) is 5.76. The number of aliphatic imine (C=N–C) groups is 1. The molecule has 26 heavy (non-hydrogen) atoms. The molecule has 0 saturated heterocycles. The van der Waals surface area contributed by atoms with Crippen LogP contribution in [0, 0.1) is 0 Å². The largest absolute Gasteiger partial charge is 0.512 e. The van der Waals surface area contributed by atoms with Crippen LogP contribution in [0.1, 0.15) is 20.8 Å². The van der Waals surface area contributed by atoms with Gasteiger partial charge in [0.15, 0.2) is 0 Å². The number of aromatic nitrogens is 2. The van der Waals surface area contributed by atoms with Crippen LogP contribution in [0.15, 0.2) is 58.8 Å². The zero-order valence-electron chi connectivity index (χ0n) is 14.9. The quantitative estimate of drug-likeness (QED) is 0.250. The van der Waals surface area contributed by atoms with Crippen molar-refractivity contribution in [3.63, 3.8) is 0 Å². The number of nitrogens with zero attached hydrogens (tertiary/aromatic N) is 3. The van der Waals surface area contributed by atoms with Gasteiger partial charge in [-0.3, -0.25) is 4.99 Å². The second kappa shape index (κ2) is 7.31. The van der Waals surface area contributed by atoms with Crippen molar-refractivity contribution in [3.05, 3.63) is 53.8 Å². The third kappa shape index (κ3) is 3.54. The average molecular weight is 349 g/mol. The smallest absolute Gasteiger partial charge is 0.343 e. The van der Waals surface area contributed by atoms with Crippen LogP contribution in [0.5, 0.6) is 0 Å². The standard InChI is InChI=1S/C20H19N3O3/c1-4-26-20(25)19(13(3)24)12(2)21-14-9-10-17-18(11-14)23-16-8-6-5-7-15(16)22-17/h5-11,24H,4H2,1-3H3/b19-13+,21-12?. The number of aliphatic hydroxyl groups excluding tert-OH is 1. The van der Waals surface area contributed by atoms with Crippen molar-refractivity contribution in [1.82, 2.24) is 9.97 Å². The Morgan fingerprint density at radius 1 is 1.04 bits per heavy atom. The van der Waals surface area contributed by atoms with E-state index in [2.05, 4.69) is 15.0 Å². The van der Waals surface area contributed by atoms with E-state index in [1.165, 1.54) is 6.92 Å². The first-order valence-corrected chi connectivity index (χ1v) is 8.28. The fourth-order valence-electron chi connectivity index (χ4n) is 2.69. The lowest BCUT2D eigenvalue weighted by Crippen LogP contribution is -2.15. The first-order chi connectivity index (χ1) is 12.5. The summed E-state index contributed by atoms with van der Waals surface area (Å²) < 4.78 is 4.98. The molecule has 3 aromatic rings.